The van der Waals surface area contributed by atoms with Gasteiger partial charge in [0.25, 0.3) is 5.69 Å². The molecule has 2 saturated heterocycles. The molecule has 3 rings (SSSR count). The molecule has 0 radical (unpaired) electrons. The van der Waals surface area contributed by atoms with Crippen molar-refractivity contribution in [3.63, 3.8) is 0 Å². The lowest BCUT2D eigenvalue weighted by atomic mass is 10.0. The molecule has 132 valence electrons. The van der Waals surface area contributed by atoms with E-state index in [4.69, 9.17) is 9.84 Å². The number of urea groups is 1. The van der Waals surface area contributed by atoms with E-state index in [0.717, 1.165) is 4.90 Å². The van der Waals surface area contributed by atoms with E-state index in [9.17, 15) is 24.5 Å². The molecule has 10 nitrogen and oxygen atoms in total. The number of ether oxygens (including phenoxy) is 1. The van der Waals surface area contributed by atoms with Gasteiger partial charge in [-0.2, -0.15) is 0 Å². The minimum Gasteiger partial charge on any atom is -0.465 e. The second-order valence-electron chi connectivity index (χ2n) is 5.87. The third kappa shape index (κ3) is 3.10. The number of hydrogen-bond acceptors (Lipinski definition) is 6. The summed E-state index contributed by atoms with van der Waals surface area (Å²) in [7, 11) is 0. The minimum absolute atomic E-state index is 0.0650. The van der Waals surface area contributed by atoms with Crippen molar-refractivity contribution in [2.24, 2.45) is 0 Å². The Bertz CT molecular complexity index is 733. The summed E-state index contributed by atoms with van der Waals surface area (Å²) in [6, 6.07) is 3.64. The number of amides is 3. The number of carbonyl (C=O) groups excluding carboxylic acids is 2. The van der Waals surface area contributed by atoms with Crippen LogP contribution >= 0.6 is 0 Å². The second-order valence-corrected chi connectivity index (χ2v) is 5.87. The number of fused-ring (bicyclic) bond motifs is 2. The van der Waals surface area contributed by atoms with Gasteiger partial charge in [-0.25, -0.2) is 19.3 Å². The number of nitrogens with zero attached hydrogens (tertiary/aromatic N) is 3. The summed E-state index contributed by atoms with van der Waals surface area (Å²) >= 11 is 0. The van der Waals surface area contributed by atoms with Crippen molar-refractivity contribution in [3.05, 3.63) is 39.9 Å². The quantitative estimate of drug-likeness (QED) is 0.496. The maximum atomic E-state index is 12.3. The summed E-state index contributed by atoms with van der Waals surface area (Å²) < 4.78 is 5.19. The third-order valence-electron chi connectivity index (χ3n) is 4.38. The number of nitro groups is 1. The molecule has 0 unspecified atom stereocenters. The smallest absolute Gasteiger partial charge is 0.415 e. The molecule has 0 spiro atoms. The van der Waals surface area contributed by atoms with E-state index in [1.165, 1.54) is 29.2 Å². The molecule has 2 heterocycles. The van der Waals surface area contributed by atoms with Gasteiger partial charge in [0.1, 0.15) is 12.6 Å². The monoisotopic (exact) mass is 349 g/mol. The summed E-state index contributed by atoms with van der Waals surface area (Å²) in [4.78, 5) is 47.6. The van der Waals surface area contributed by atoms with Crippen molar-refractivity contribution in [1.29, 1.82) is 0 Å². The van der Waals surface area contributed by atoms with Gasteiger partial charge in [0.2, 0.25) is 0 Å². The van der Waals surface area contributed by atoms with Crippen molar-refractivity contribution in [2.45, 2.75) is 31.5 Å². The summed E-state index contributed by atoms with van der Waals surface area (Å²) in [6.45, 7) is 0.101. The Morgan fingerprint density at radius 2 is 1.96 bits per heavy atom. The highest BCUT2D eigenvalue weighted by molar-refractivity contribution is 5.95. The zero-order valence-electron chi connectivity index (χ0n) is 13.0. The lowest BCUT2D eigenvalue weighted by Gasteiger charge is -2.28. The van der Waals surface area contributed by atoms with Crippen LogP contribution in [0.25, 0.3) is 0 Å². The molecule has 1 N–H and O–H groups in total. The van der Waals surface area contributed by atoms with Gasteiger partial charge in [0, 0.05) is 18.7 Å². The van der Waals surface area contributed by atoms with Crippen LogP contribution < -0.4 is 0 Å². The first kappa shape index (κ1) is 16.7. The maximum Gasteiger partial charge on any atom is 0.415 e. The van der Waals surface area contributed by atoms with Crippen molar-refractivity contribution in [2.75, 3.05) is 6.54 Å². The number of imide groups is 1. The summed E-state index contributed by atoms with van der Waals surface area (Å²) in [5.41, 5.74) is 0.511. The van der Waals surface area contributed by atoms with E-state index in [1.807, 2.05) is 0 Å². The van der Waals surface area contributed by atoms with Crippen molar-refractivity contribution < 1.29 is 29.2 Å². The van der Waals surface area contributed by atoms with E-state index in [1.54, 1.807) is 0 Å². The SMILES string of the molecule is O=C(OCc1ccc([N+](=O)[O-])cc1)[C@H]1CC[C@@H]2CN1C(=O)N2C(=O)O. The number of benzene rings is 1. The number of carboxylic acid groups (broad SMARTS) is 1. The van der Waals surface area contributed by atoms with E-state index in [2.05, 4.69) is 0 Å². The van der Waals surface area contributed by atoms with Gasteiger partial charge >= 0.3 is 18.1 Å². The van der Waals surface area contributed by atoms with E-state index >= 15 is 0 Å². The number of esters is 1. The minimum atomic E-state index is -1.32. The molecule has 3 amide bonds. The fourth-order valence-electron chi connectivity index (χ4n) is 3.12. The van der Waals surface area contributed by atoms with Crippen LogP contribution in [0.2, 0.25) is 0 Å². The molecule has 2 bridgehead atoms. The first-order valence-corrected chi connectivity index (χ1v) is 7.61. The maximum absolute atomic E-state index is 12.3. The summed E-state index contributed by atoms with van der Waals surface area (Å²) in [5, 5.41) is 19.7. The van der Waals surface area contributed by atoms with Crippen molar-refractivity contribution in [3.8, 4) is 0 Å². The molecule has 2 atom stereocenters. The topological polar surface area (TPSA) is 130 Å². The van der Waals surface area contributed by atoms with Crippen LogP contribution in [0, 0.1) is 10.1 Å². The zero-order valence-corrected chi connectivity index (χ0v) is 13.0. The lowest BCUT2D eigenvalue weighted by molar-refractivity contribution is -0.384. The second kappa shape index (κ2) is 6.38. The fraction of sp³-hybridized carbons (Fsp3) is 0.400. The Hall–Kier alpha value is -3.17. The van der Waals surface area contributed by atoms with Crippen LogP contribution in [0.15, 0.2) is 24.3 Å². The largest absolute Gasteiger partial charge is 0.465 e. The Balaban J connectivity index is 1.61. The Morgan fingerprint density at radius 3 is 2.56 bits per heavy atom. The van der Waals surface area contributed by atoms with Gasteiger partial charge in [-0.05, 0) is 30.5 Å². The number of rotatable bonds is 4. The number of carbonyl (C=O) groups is 3. The first-order chi connectivity index (χ1) is 11.9. The average molecular weight is 349 g/mol. The predicted octanol–water partition coefficient (Wildman–Crippen LogP) is 1.58. The van der Waals surface area contributed by atoms with Crippen molar-refractivity contribution >= 4 is 23.8 Å². The molecule has 25 heavy (non-hydrogen) atoms. The lowest BCUT2D eigenvalue weighted by Crippen LogP contribution is -2.45. The fourth-order valence-corrected chi connectivity index (χ4v) is 3.12. The van der Waals surface area contributed by atoms with E-state index in [-0.39, 0.29) is 18.8 Å². The molecule has 1 aromatic rings. The van der Waals surface area contributed by atoms with Crippen LogP contribution in [0.5, 0.6) is 0 Å². The third-order valence-corrected chi connectivity index (χ3v) is 4.38. The van der Waals surface area contributed by atoms with Gasteiger partial charge in [-0.1, -0.05) is 0 Å². The molecule has 10 heteroatoms. The molecule has 0 aromatic heterocycles. The van der Waals surface area contributed by atoms with Gasteiger partial charge in [0.05, 0.1) is 11.0 Å². The number of non-ortho nitro benzene ring substituents is 1. The Morgan fingerprint density at radius 1 is 1.28 bits per heavy atom. The Kier molecular flexibility index (Phi) is 4.26. The normalized spacial score (nSPS) is 22.0. The standard InChI is InChI=1S/C15H15N3O7/c19-13(25-8-9-1-3-10(4-2-9)18(23)24)12-6-5-11-7-16(12)14(20)17(11)15(21)22/h1-4,11-12H,5-8H2,(H,21,22)/t11-,12-/m1/s1. The molecule has 0 saturated carbocycles. The highest BCUT2D eigenvalue weighted by atomic mass is 16.6. The van der Waals surface area contributed by atoms with Crippen LogP contribution in [0.1, 0.15) is 18.4 Å². The number of piperidine rings is 1. The van der Waals surface area contributed by atoms with Gasteiger partial charge in [0.15, 0.2) is 0 Å². The van der Waals surface area contributed by atoms with E-state index in [0.29, 0.717) is 18.4 Å². The molecule has 0 aliphatic carbocycles. The highest BCUT2D eigenvalue weighted by Crippen LogP contribution is 2.30. The first-order valence-electron chi connectivity index (χ1n) is 7.61. The molecular weight excluding hydrogens is 334 g/mol. The van der Waals surface area contributed by atoms with Crippen LogP contribution in [0.3, 0.4) is 0 Å². The van der Waals surface area contributed by atoms with Gasteiger partial charge < -0.3 is 14.7 Å². The predicted molar refractivity (Wildman–Crippen MR) is 81.7 cm³/mol. The zero-order chi connectivity index (χ0) is 18.1. The molecule has 2 aliphatic heterocycles. The van der Waals surface area contributed by atoms with E-state index < -0.39 is 35.1 Å². The van der Waals surface area contributed by atoms with Crippen LogP contribution in [0.4, 0.5) is 15.3 Å². The Labute approximate surface area is 141 Å². The number of nitro benzene ring substituents is 1. The molecule has 2 fully saturated rings. The summed E-state index contributed by atoms with van der Waals surface area (Å²) in [5.74, 6) is -0.614. The van der Waals surface area contributed by atoms with Gasteiger partial charge in [-0.15, -0.1) is 0 Å². The van der Waals surface area contributed by atoms with Gasteiger partial charge in [-0.3, -0.25) is 10.1 Å². The average Bonchev–Trinajstić information content (AvgIpc) is 2.84. The van der Waals surface area contributed by atoms with Crippen LogP contribution in [-0.2, 0) is 16.1 Å². The van der Waals surface area contributed by atoms with Crippen LogP contribution in [-0.4, -0.2) is 56.6 Å². The van der Waals surface area contributed by atoms with Crippen molar-refractivity contribution in [1.82, 2.24) is 9.80 Å². The number of hydrogen-bond donors (Lipinski definition) is 1. The molecule has 1 aromatic carbocycles. The summed E-state index contributed by atoms with van der Waals surface area (Å²) in [6.07, 6.45) is -0.581. The molecule has 2 aliphatic rings. The molecular formula is C15H15N3O7. The highest BCUT2D eigenvalue weighted by Gasteiger charge is 2.50.